The molecule has 2 unspecified atom stereocenters. The first-order valence-electron chi connectivity index (χ1n) is 8.82. The predicted octanol–water partition coefficient (Wildman–Crippen LogP) is 3.38. The molecule has 0 spiro atoms. The number of urea groups is 1. The van der Waals surface area contributed by atoms with Gasteiger partial charge in [0.25, 0.3) is 5.91 Å². The number of aliphatic imine (C=N–C) groups is 1. The van der Waals surface area contributed by atoms with Gasteiger partial charge in [0.15, 0.2) is 17.4 Å². The Kier molecular flexibility index (Phi) is 7.62. The highest BCUT2D eigenvalue weighted by Crippen LogP contribution is 2.29. The van der Waals surface area contributed by atoms with E-state index in [4.69, 9.17) is 11.6 Å². The molecule has 0 saturated carbocycles. The molecule has 1 fully saturated rings. The van der Waals surface area contributed by atoms with Gasteiger partial charge in [-0.1, -0.05) is 62.0 Å². The first-order valence-corrected chi connectivity index (χ1v) is 10.2. The highest BCUT2D eigenvalue weighted by atomic mass is 35.5. The lowest BCUT2D eigenvalue weighted by molar-refractivity contribution is -0.126. The molecular formula is C17H27ClN4O2S. The molecule has 2 atom stereocenters. The number of amidine groups is 1. The van der Waals surface area contributed by atoms with E-state index < -0.39 is 18.2 Å². The zero-order chi connectivity index (χ0) is 18.4. The molecule has 1 saturated heterocycles. The lowest BCUT2D eigenvalue weighted by Crippen LogP contribution is -2.63. The molecule has 0 bridgehead atoms. The first-order chi connectivity index (χ1) is 12.0. The maximum atomic E-state index is 12.3. The molecule has 0 aromatic carbocycles. The molecule has 25 heavy (non-hydrogen) atoms. The fourth-order valence-corrected chi connectivity index (χ4v) is 4.04. The summed E-state index contributed by atoms with van der Waals surface area (Å²) in [5.74, 6) is 0.664. The Labute approximate surface area is 159 Å². The van der Waals surface area contributed by atoms with E-state index >= 15 is 0 Å². The zero-order valence-corrected chi connectivity index (χ0v) is 16.7. The number of rotatable bonds is 8. The number of carbonyl (C=O) groups is 2. The Balaban J connectivity index is 2.04. The number of amides is 3. The van der Waals surface area contributed by atoms with Crippen LogP contribution in [0.2, 0.25) is 0 Å². The lowest BCUT2D eigenvalue weighted by atomic mass is 10.1. The van der Waals surface area contributed by atoms with Gasteiger partial charge in [0.05, 0.1) is 0 Å². The van der Waals surface area contributed by atoms with E-state index in [0.29, 0.717) is 11.6 Å². The second kappa shape index (κ2) is 9.48. The number of hydrogen-bond donors (Lipinski definition) is 1. The third-order valence-electron chi connectivity index (χ3n) is 4.37. The van der Waals surface area contributed by atoms with E-state index in [1.807, 2.05) is 17.9 Å². The summed E-state index contributed by atoms with van der Waals surface area (Å²) in [6, 6.07) is -0.887. The van der Waals surface area contributed by atoms with Gasteiger partial charge in [0.2, 0.25) is 0 Å². The van der Waals surface area contributed by atoms with E-state index in [1.165, 1.54) is 30.6 Å². The summed E-state index contributed by atoms with van der Waals surface area (Å²) in [5.41, 5.74) is 0. The summed E-state index contributed by atoms with van der Waals surface area (Å²) in [4.78, 5) is 32.3. The Morgan fingerprint density at radius 1 is 1.32 bits per heavy atom. The molecule has 2 aliphatic rings. The number of allylic oxidation sites excluding steroid dienone is 1. The average Bonchev–Trinajstić information content (AvgIpc) is 2.93. The highest BCUT2D eigenvalue weighted by molar-refractivity contribution is 8.13. The molecule has 0 aliphatic carbocycles. The van der Waals surface area contributed by atoms with Gasteiger partial charge in [0.1, 0.15) is 0 Å². The minimum absolute atomic E-state index is 0.295. The predicted molar refractivity (Wildman–Crippen MR) is 104 cm³/mol. The summed E-state index contributed by atoms with van der Waals surface area (Å²) in [5, 5.41) is 3.89. The normalized spacial score (nSPS) is 23.7. The minimum Gasteiger partial charge on any atom is -0.332 e. The van der Waals surface area contributed by atoms with Gasteiger partial charge in [-0.15, -0.1) is 0 Å². The summed E-state index contributed by atoms with van der Waals surface area (Å²) >= 11 is 7.62. The lowest BCUT2D eigenvalue weighted by Gasteiger charge is -2.35. The van der Waals surface area contributed by atoms with Gasteiger partial charge < -0.3 is 9.80 Å². The van der Waals surface area contributed by atoms with Gasteiger partial charge in [0, 0.05) is 24.4 Å². The standard InChI is InChI=1S/C17H27ClN4O2S/c1-4-5-6-7-8-11-25-17-19-14-13(22(17)10-9-12(2)18)15(23)20-16(24)21(14)3/h9,13-14H,4-8,10-11H2,1-3H3,(H,20,23,24)/b12-9-. The van der Waals surface area contributed by atoms with Crippen molar-refractivity contribution in [2.75, 3.05) is 19.3 Å². The van der Waals surface area contributed by atoms with Crippen LogP contribution in [-0.2, 0) is 4.79 Å². The van der Waals surface area contributed by atoms with Crippen LogP contribution in [0.5, 0.6) is 0 Å². The van der Waals surface area contributed by atoms with Gasteiger partial charge in [-0.05, 0) is 13.3 Å². The van der Waals surface area contributed by atoms with Crippen molar-refractivity contribution >= 4 is 40.5 Å². The zero-order valence-electron chi connectivity index (χ0n) is 15.1. The van der Waals surface area contributed by atoms with Crippen molar-refractivity contribution in [2.45, 2.75) is 58.2 Å². The van der Waals surface area contributed by atoms with Crippen molar-refractivity contribution < 1.29 is 9.59 Å². The van der Waals surface area contributed by atoms with Gasteiger partial charge in [-0.25, -0.2) is 9.79 Å². The molecule has 1 N–H and O–H groups in total. The van der Waals surface area contributed by atoms with E-state index in [1.54, 1.807) is 18.8 Å². The van der Waals surface area contributed by atoms with Crippen LogP contribution >= 0.6 is 23.4 Å². The first kappa shape index (κ1) is 20.1. The Hall–Kier alpha value is -1.21. The van der Waals surface area contributed by atoms with Crippen molar-refractivity contribution in [1.82, 2.24) is 15.1 Å². The molecule has 8 heteroatoms. The van der Waals surface area contributed by atoms with Gasteiger partial charge in [-0.2, -0.15) is 0 Å². The van der Waals surface area contributed by atoms with Crippen molar-refractivity contribution in [3.05, 3.63) is 11.1 Å². The summed E-state index contributed by atoms with van der Waals surface area (Å²) < 4.78 is 0. The third-order valence-corrected chi connectivity index (χ3v) is 5.62. The van der Waals surface area contributed by atoms with Crippen molar-refractivity contribution in [1.29, 1.82) is 0 Å². The van der Waals surface area contributed by atoms with Crippen LogP contribution in [0.1, 0.15) is 46.0 Å². The fraction of sp³-hybridized carbons (Fsp3) is 0.706. The van der Waals surface area contributed by atoms with Crippen LogP contribution in [0, 0.1) is 0 Å². The average molecular weight is 387 g/mol. The fourth-order valence-electron chi connectivity index (χ4n) is 2.91. The molecule has 0 aromatic rings. The molecule has 2 rings (SSSR count). The summed E-state index contributed by atoms with van der Waals surface area (Å²) in [6.45, 7) is 4.52. The highest BCUT2D eigenvalue weighted by Gasteiger charge is 2.48. The summed E-state index contributed by atoms with van der Waals surface area (Å²) in [6.07, 6.45) is 7.49. The van der Waals surface area contributed by atoms with E-state index in [0.717, 1.165) is 17.3 Å². The van der Waals surface area contributed by atoms with Gasteiger partial charge >= 0.3 is 6.03 Å². The number of carbonyl (C=O) groups excluding carboxylic acids is 2. The number of fused-ring (bicyclic) bond motifs is 1. The van der Waals surface area contributed by atoms with Crippen molar-refractivity contribution in [3.8, 4) is 0 Å². The van der Waals surface area contributed by atoms with E-state index in [-0.39, 0.29) is 5.91 Å². The number of thioether (sulfide) groups is 1. The largest absolute Gasteiger partial charge is 0.332 e. The van der Waals surface area contributed by atoms with Crippen LogP contribution in [0.25, 0.3) is 0 Å². The molecule has 2 aliphatic heterocycles. The number of halogens is 1. The van der Waals surface area contributed by atoms with Crippen molar-refractivity contribution in [2.24, 2.45) is 4.99 Å². The van der Waals surface area contributed by atoms with Crippen LogP contribution in [-0.4, -0.2) is 58.5 Å². The Morgan fingerprint density at radius 2 is 2.04 bits per heavy atom. The molecule has 2 heterocycles. The van der Waals surface area contributed by atoms with Crippen molar-refractivity contribution in [3.63, 3.8) is 0 Å². The van der Waals surface area contributed by atoms with Crippen LogP contribution in [0.4, 0.5) is 4.79 Å². The maximum Gasteiger partial charge on any atom is 0.325 e. The molecule has 140 valence electrons. The number of hydrogen-bond acceptors (Lipinski definition) is 5. The number of imide groups is 1. The second-order valence-electron chi connectivity index (χ2n) is 6.38. The monoisotopic (exact) mass is 386 g/mol. The third kappa shape index (κ3) is 5.14. The maximum absolute atomic E-state index is 12.3. The molecule has 6 nitrogen and oxygen atoms in total. The molecule has 3 amide bonds. The quantitative estimate of drug-likeness (QED) is 0.649. The smallest absolute Gasteiger partial charge is 0.325 e. The number of nitrogens with zero attached hydrogens (tertiary/aromatic N) is 3. The van der Waals surface area contributed by atoms with E-state index in [9.17, 15) is 9.59 Å². The number of unbranched alkanes of at least 4 members (excludes halogenated alkanes) is 4. The topological polar surface area (TPSA) is 65.0 Å². The SMILES string of the molecule is CCCCCCCSC1=NC2C(C(=O)NC(=O)N2C)N1C/C=C(/C)Cl. The van der Waals surface area contributed by atoms with Crippen LogP contribution in [0.3, 0.4) is 0 Å². The molecular weight excluding hydrogens is 360 g/mol. The minimum atomic E-state index is -0.488. The van der Waals surface area contributed by atoms with Crippen LogP contribution in [0.15, 0.2) is 16.1 Å². The Morgan fingerprint density at radius 3 is 2.72 bits per heavy atom. The molecule has 0 radical (unpaired) electrons. The number of nitrogens with one attached hydrogen (secondary N) is 1. The second-order valence-corrected chi connectivity index (χ2v) is 8.04. The van der Waals surface area contributed by atoms with Gasteiger partial charge in [-0.3, -0.25) is 10.1 Å². The Bertz CT molecular complexity index is 563. The van der Waals surface area contributed by atoms with Crippen LogP contribution < -0.4 is 5.32 Å². The summed E-state index contributed by atoms with van der Waals surface area (Å²) in [7, 11) is 1.67. The van der Waals surface area contributed by atoms with E-state index in [2.05, 4.69) is 17.2 Å². The number of likely N-dealkylation sites (N-methyl/N-ethyl adjacent to an activating group) is 1. The molecule has 0 aromatic heterocycles.